The van der Waals surface area contributed by atoms with Crippen molar-refractivity contribution < 1.29 is 9.59 Å². The summed E-state index contributed by atoms with van der Waals surface area (Å²) in [5.74, 6) is 1.40. The molecule has 1 aliphatic heterocycles. The van der Waals surface area contributed by atoms with Gasteiger partial charge in [-0.2, -0.15) is 12.6 Å². The van der Waals surface area contributed by atoms with E-state index in [0.29, 0.717) is 6.54 Å². The fourth-order valence-corrected chi connectivity index (χ4v) is 3.37. The summed E-state index contributed by atoms with van der Waals surface area (Å²) in [6.45, 7) is 0.636. The van der Waals surface area contributed by atoms with Crippen LogP contribution in [0.2, 0.25) is 0 Å². The summed E-state index contributed by atoms with van der Waals surface area (Å²) in [7, 11) is 0. The van der Waals surface area contributed by atoms with Crippen LogP contribution in [0.4, 0.5) is 0 Å². The van der Waals surface area contributed by atoms with Gasteiger partial charge in [0.1, 0.15) is 0 Å². The number of likely N-dealkylation sites (tertiary alicyclic amines) is 1. The molecule has 1 saturated heterocycles. The minimum Gasteiger partial charge on any atom is -0.282 e. The summed E-state index contributed by atoms with van der Waals surface area (Å²) in [6.07, 6.45) is 8.13. The van der Waals surface area contributed by atoms with Gasteiger partial charge in [-0.15, -0.1) is 0 Å². The number of hydrogen-bond acceptors (Lipinski definition) is 3. The Hall–Kier alpha value is -0.510. The molecule has 0 N–H and O–H groups in total. The van der Waals surface area contributed by atoms with Crippen LogP contribution in [0.15, 0.2) is 0 Å². The fraction of sp³-hybridized carbons (Fsp3) is 0.857. The number of thiol groups is 1. The van der Waals surface area contributed by atoms with Gasteiger partial charge in [0.05, 0.1) is 0 Å². The summed E-state index contributed by atoms with van der Waals surface area (Å²) in [5.41, 5.74) is 0. The molecule has 3 nitrogen and oxygen atoms in total. The topological polar surface area (TPSA) is 37.4 Å². The number of piperidine rings is 1. The Morgan fingerprint density at radius 2 is 1.61 bits per heavy atom. The molecule has 2 unspecified atom stereocenters. The molecule has 2 aliphatic rings. The first-order valence-electron chi connectivity index (χ1n) is 7.20. The second kappa shape index (κ2) is 6.60. The van der Waals surface area contributed by atoms with Crippen LogP contribution in [0.1, 0.15) is 51.4 Å². The number of rotatable bonds is 6. The van der Waals surface area contributed by atoms with Gasteiger partial charge in [0.25, 0.3) is 0 Å². The highest BCUT2D eigenvalue weighted by Gasteiger charge is 2.42. The van der Waals surface area contributed by atoms with Gasteiger partial charge in [0.15, 0.2) is 0 Å². The van der Waals surface area contributed by atoms with Crippen LogP contribution < -0.4 is 0 Å². The van der Waals surface area contributed by atoms with E-state index >= 15 is 0 Å². The molecule has 18 heavy (non-hydrogen) atoms. The molecule has 2 atom stereocenters. The van der Waals surface area contributed by atoms with E-state index in [-0.39, 0.29) is 23.7 Å². The van der Waals surface area contributed by atoms with E-state index in [1.165, 1.54) is 0 Å². The first-order chi connectivity index (χ1) is 8.74. The standard InChI is InChI=1S/C14H23NO2S/c16-13-11-6-5-7-12(10-11)14(17)15(13)8-3-1-2-4-9-18/h11-12,18H,1-10H2. The maximum atomic E-state index is 12.2. The van der Waals surface area contributed by atoms with Crippen LogP contribution in [0.5, 0.6) is 0 Å². The lowest BCUT2D eigenvalue weighted by atomic mass is 9.77. The molecule has 102 valence electrons. The molecule has 2 fully saturated rings. The lowest BCUT2D eigenvalue weighted by molar-refractivity contribution is -0.158. The van der Waals surface area contributed by atoms with Gasteiger partial charge in [-0.3, -0.25) is 14.5 Å². The molecule has 1 saturated carbocycles. The zero-order chi connectivity index (χ0) is 13.0. The third-order valence-electron chi connectivity index (χ3n) is 4.19. The maximum absolute atomic E-state index is 12.2. The van der Waals surface area contributed by atoms with Gasteiger partial charge >= 0.3 is 0 Å². The Bertz CT molecular complexity index is 297. The normalized spacial score (nSPS) is 27.7. The van der Waals surface area contributed by atoms with Crippen molar-refractivity contribution in [3.05, 3.63) is 0 Å². The van der Waals surface area contributed by atoms with Gasteiger partial charge in [0, 0.05) is 18.4 Å². The van der Waals surface area contributed by atoms with Crippen LogP contribution in [0.25, 0.3) is 0 Å². The van der Waals surface area contributed by atoms with Crippen molar-refractivity contribution in [3.63, 3.8) is 0 Å². The summed E-state index contributed by atoms with van der Waals surface area (Å²) in [6, 6.07) is 0. The van der Waals surface area contributed by atoms with E-state index in [1.807, 2.05) is 0 Å². The van der Waals surface area contributed by atoms with Gasteiger partial charge in [-0.25, -0.2) is 0 Å². The van der Waals surface area contributed by atoms with E-state index in [1.54, 1.807) is 4.90 Å². The zero-order valence-corrected chi connectivity index (χ0v) is 11.8. The van der Waals surface area contributed by atoms with E-state index in [4.69, 9.17) is 0 Å². The summed E-state index contributed by atoms with van der Waals surface area (Å²) in [5, 5.41) is 0. The molecule has 0 aromatic rings. The first-order valence-corrected chi connectivity index (χ1v) is 7.83. The zero-order valence-electron chi connectivity index (χ0n) is 10.9. The number of amides is 2. The second-order valence-corrected chi connectivity index (χ2v) is 5.97. The molecular weight excluding hydrogens is 246 g/mol. The average molecular weight is 269 g/mol. The fourth-order valence-electron chi connectivity index (χ4n) is 3.14. The Morgan fingerprint density at radius 1 is 1.00 bits per heavy atom. The third kappa shape index (κ3) is 3.08. The van der Waals surface area contributed by atoms with Crippen LogP contribution in [0, 0.1) is 11.8 Å². The molecule has 4 heteroatoms. The Labute approximate surface area is 115 Å². The lowest BCUT2D eigenvalue weighted by Gasteiger charge is -2.39. The highest BCUT2D eigenvalue weighted by Crippen LogP contribution is 2.36. The van der Waals surface area contributed by atoms with E-state index in [0.717, 1.165) is 57.1 Å². The molecule has 2 rings (SSSR count). The van der Waals surface area contributed by atoms with Crippen LogP contribution in [-0.2, 0) is 9.59 Å². The summed E-state index contributed by atoms with van der Waals surface area (Å²) >= 11 is 4.18. The molecule has 1 aliphatic carbocycles. The molecular formula is C14H23NO2S. The second-order valence-electron chi connectivity index (χ2n) is 5.53. The summed E-state index contributed by atoms with van der Waals surface area (Å²) < 4.78 is 0. The minimum atomic E-state index is 0.102. The smallest absolute Gasteiger partial charge is 0.232 e. The quantitative estimate of drug-likeness (QED) is 0.457. The van der Waals surface area contributed by atoms with Crippen LogP contribution in [0.3, 0.4) is 0 Å². The molecule has 0 aromatic heterocycles. The van der Waals surface area contributed by atoms with Crippen LogP contribution in [-0.4, -0.2) is 29.0 Å². The monoisotopic (exact) mass is 269 g/mol. The first kappa shape index (κ1) is 13.9. The van der Waals surface area contributed by atoms with Crippen molar-refractivity contribution in [1.29, 1.82) is 0 Å². The predicted octanol–water partition coefficient (Wildman–Crippen LogP) is 2.65. The van der Waals surface area contributed by atoms with Gasteiger partial charge in [0.2, 0.25) is 11.8 Å². The molecule has 0 spiro atoms. The number of fused-ring (bicyclic) bond motifs is 2. The minimum absolute atomic E-state index is 0.102. The van der Waals surface area contributed by atoms with Crippen molar-refractivity contribution in [3.8, 4) is 0 Å². The maximum Gasteiger partial charge on any atom is 0.232 e. The lowest BCUT2D eigenvalue weighted by Crippen LogP contribution is -2.51. The molecule has 2 bridgehead atoms. The highest BCUT2D eigenvalue weighted by molar-refractivity contribution is 7.80. The number of carbonyl (C=O) groups is 2. The molecule has 0 aromatic carbocycles. The third-order valence-corrected chi connectivity index (χ3v) is 4.51. The number of imide groups is 1. The van der Waals surface area contributed by atoms with Crippen molar-refractivity contribution in [2.24, 2.45) is 11.8 Å². The number of carbonyl (C=O) groups excluding carboxylic acids is 2. The molecule has 1 heterocycles. The SMILES string of the molecule is O=C1C2CCCC(C2)C(=O)N1CCCCCCS. The van der Waals surface area contributed by atoms with Gasteiger partial charge in [-0.05, 0) is 37.9 Å². The Morgan fingerprint density at radius 3 is 2.22 bits per heavy atom. The predicted molar refractivity (Wildman–Crippen MR) is 74.5 cm³/mol. The summed E-state index contributed by atoms with van der Waals surface area (Å²) in [4.78, 5) is 25.9. The highest BCUT2D eigenvalue weighted by atomic mass is 32.1. The number of unbranched alkanes of at least 4 members (excludes halogenated alkanes) is 3. The molecule has 0 radical (unpaired) electrons. The largest absolute Gasteiger partial charge is 0.282 e. The van der Waals surface area contributed by atoms with Gasteiger partial charge < -0.3 is 0 Å². The van der Waals surface area contributed by atoms with E-state index in [2.05, 4.69) is 12.6 Å². The van der Waals surface area contributed by atoms with Gasteiger partial charge in [-0.1, -0.05) is 19.3 Å². The van der Waals surface area contributed by atoms with E-state index < -0.39 is 0 Å². The van der Waals surface area contributed by atoms with Crippen molar-refractivity contribution >= 4 is 24.4 Å². The number of nitrogens with zero attached hydrogens (tertiary/aromatic N) is 1. The number of hydrogen-bond donors (Lipinski definition) is 1. The Balaban J connectivity index is 1.82. The average Bonchev–Trinajstić information content (AvgIpc) is 2.40. The molecule has 2 amide bonds. The van der Waals surface area contributed by atoms with E-state index in [9.17, 15) is 9.59 Å². The van der Waals surface area contributed by atoms with Crippen molar-refractivity contribution in [2.45, 2.75) is 51.4 Å². The van der Waals surface area contributed by atoms with Crippen molar-refractivity contribution in [1.82, 2.24) is 4.90 Å². The van der Waals surface area contributed by atoms with Crippen LogP contribution >= 0.6 is 12.6 Å². The Kier molecular flexibility index (Phi) is 5.10. The van der Waals surface area contributed by atoms with Crippen molar-refractivity contribution in [2.75, 3.05) is 12.3 Å².